The van der Waals surface area contributed by atoms with Crippen LogP contribution < -0.4 is 16.0 Å². The average molecular weight is 352 g/mol. The van der Waals surface area contributed by atoms with E-state index in [0.717, 1.165) is 45.0 Å². The van der Waals surface area contributed by atoms with Gasteiger partial charge in [0.2, 0.25) is 0 Å². The van der Waals surface area contributed by atoms with Crippen molar-refractivity contribution in [2.75, 3.05) is 26.2 Å². The summed E-state index contributed by atoms with van der Waals surface area (Å²) in [5.41, 5.74) is -0.469. The molecular weight excluding hydrogens is 320 g/mol. The standard InChI is InChI=1S/C17H32N6O2/c1-5-18-15(20-11-7-13-23-14-8-12-22-23)19-9-6-10-21-16(24)25-17(2,3)4/h8,12,14H,5-7,9-11,13H2,1-4H3,(H,21,24)(H2,18,19,20). The first-order valence-corrected chi connectivity index (χ1v) is 8.87. The number of hydrogen-bond donors (Lipinski definition) is 3. The minimum absolute atomic E-state index is 0.383. The van der Waals surface area contributed by atoms with Crippen molar-refractivity contribution in [3.63, 3.8) is 0 Å². The van der Waals surface area contributed by atoms with E-state index in [-0.39, 0.29) is 6.09 Å². The molecule has 8 nitrogen and oxygen atoms in total. The van der Waals surface area contributed by atoms with Crippen molar-refractivity contribution in [2.45, 2.75) is 52.7 Å². The van der Waals surface area contributed by atoms with E-state index in [0.29, 0.717) is 6.54 Å². The van der Waals surface area contributed by atoms with Crippen molar-refractivity contribution >= 4 is 12.1 Å². The summed E-state index contributed by atoms with van der Waals surface area (Å²) in [6.45, 7) is 11.2. The van der Waals surface area contributed by atoms with E-state index in [4.69, 9.17) is 4.74 Å². The Morgan fingerprint density at radius 3 is 2.60 bits per heavy atom. The van der Waals surface area contributed by atoms with Crippen molar-refractivity contribution < 1.29 is 9.53 Å². The molecule has 1 amide bonds. The fourth-order valence-electron chi connectivity index (χ4n) is 2.00. The van der Waals surface area contributed by atoms with E-state index < -0.39 is 5.60 Å². The first kappa shape index (κ1) is 20.8. The van der Waals surface area contributed by atoms with Crippen LogP contribution in [0.4, 0.5) is 4.79 Å². The molecule has 1 aromatic heterocycles. The lowest BCUT2D eigenvalue weighted by Crippen LogP contribution is -2.39. The van der Waals surface area contributed by atoms with Crippen LogP contribution >= 0.6 is 0 Å². The molecule has 1 rings (SSSR count). The Labute approximate surface area is 150 Å². The quantitative estimate of drug-likeness (QED) is 0.358. The highest BCUT2D eigenvalue weighted by molar-refractivity contribution is 5.79. The Morgan fingerprint density at radius 1 is 1.20 bits per heavy atom. The molecule has 1 aromatic rings. The zero-order valence-electron chi connectivity index (χ0n) is 15.8. The maximum Gasteiger partial charge on any atom is 0.407 e. The van der Waals surface area contributed by atoms with Crippen LogP contribution in [0.1, 0.15) is 40.5 Å². The second-order valence-electron chi connectivity index (χ2n) is 6.59. The minimum atomic E-state index is -0.469. The number of carbonyl (C=O) groups is 1. The average Bonchev–Trinajstić information content (AvgIpc) is 3.02. The van der Waals surface area contributed by atoms with Crippen LogP contribution in [0.5, 0.6) is 0 Å². The van der Waals surface area contributed by atoms with Gasteiger partial charge in [0, 0.05) is 45.1 Å². The molecule has 8 heteroatoms. The van der Waals surface area contributed by atoms with Crippen LogP contribution in [-0.4, -0.2) is 53.6 Å². The van der Waals surface area contributed by atoms with Gasteiger partial charge in [0.25, 0.3) is 0 Å². The largest absolute Gasteiger partial charge is 0.444 e. The third kappa shape index (κ3) is 11.0. The van der Waals surface area contributed by atoms with Gasteiger partial charge < -0.3 is 20.7 Å². The first-order valence-electron chi connectivity index (χ1n) is 8.87. The van der Waals surface area contributed by atoms with Gasteiger partial charge in [-0.2, -0.15) is 5.10 Å². The number of nitrogens with zero attached hydrogens (tertiary/aromatic N) is 3. The third-order valence-corrected chi connectivity index (χ3v) is 3.03. The second kappa shape index (κ2) is 11.3. The zero-order chi connectivity index (χ0) is 18.5. The fourth-order valence-corrected chi connectivity index (χ4v) is 2.00. The SMILES string of the molecule is CCNC(=NCCCn1cccn1)NCCCNC(=O)OC(C)(C)C. The van der Waals surface area contributed by atoms with Gasteiger partial charge in [-0.15, -0.1) is 0 Å². The Bertz CT molecular complexity index is 508. The van der Waals surface area contributed by atoms with Gasteiger partial charge in [0.15, 0.2) is 5.96 Å². The Hall–Kier alpha value is -2.25. The van der Waals surface area contributed by atoms with Crippen LogP contribution in [-0.2, 0) is 11.3 Å². The van der Waals surface area contributed by atoms with Crippen LogP contribution in [0.2, 0.25) is 0 Å². The first-order chi connectivity index (χ1) is 11.9. The molecule has 0 saturated heterocycles. The molecule has 0 aliphatic heterocycles. The summed E-state index contributed by atoms with van der Waals surface area (Å²) < 4.78 is 7.09. The molecule has 0 aromatic carbocycles. The summed E-state index contributed by atoms with van der Waals surface area (Å²) in [7, 11) is 0. The number of ether oxygens (including phenoxy) is 1. The Balaban J connectivity index is 2.17. The van der Waals surface area contributed by atoms with Gasteiger partial charge in [0.1, 0.15) is 5.60 Å². The maximum atomic E-state index is 11.5. The summed E-state index contributed by atoms with van der Waals surface area (Å²) in [5.74, 6) is 0.792. The normalized spacial score (nSPS) is 11.9. The molecule has 0 bridgehead atoms. The summed E-state index contributed by atoms with van der Waals surface area (Å²) in [5, 5.41) is 13.4. The molecule has 0 saturated carbocycles. The lowest BCUT2D eigenvalue weighted by atomic mass is 10.2. The number of nitrogens with one attached hydrogen (secondary N) is 3. The lowest BCUT2D eigenvalue weighted by Gasteiger charge is -2.19. The van der Waals surface area contributed by atoms with Crippen molar-refractivity contribution in [1.82, 2.24) is 25.7 Å². The van der Waals surface area contributed by atoms with Crippen LogP contribution in [0.3, 0.4) is 0 Å². The number of aromatic nitrogens is 2. The van der Waals surface area contributed by atoms with Gasteiger partial charge in [-0.3, -0.25) is 9.67 Å². The number of hydrogen-bond acceptors (Lipinski definition) is 4. The van der Waals surface area contributed by atoms with E-state index >= 15 is 0 Å². The predicted molar refractivity (Wildman–Crippen MR) is 99.7 cm³/mol. The van der Waals surface area contributed by atoms with Gasteiger partial charge in [-0.25, -0.2) is 4.79 Å². The van der Waals surface area contributed by atoms with Crippen molar-refractivity contribution in [1.29, 1.82) is 0 Å². The number of carbonyl (C=O) groups excluding carboxylic acids is 1. The molecule has 0 atom stereocenters. The highest BCUT2D eigenvalue weighted by atomic mass is 16.6. The summed E-state index contributed by atoms with van der Waals surface area (Å²) in [4.78, 5) is 16.1. The van der Waals surface area contributed by atoms with E-state index in [1.165, 1.54) is 0 Å². The van der Waals surface area contributed by atoms with Crippen LogP contribution in [0.25, 0.3) is 0 Å². The van der Waals surface area contributed by atoms with Crippen LogP contribution in [0.15, 0.2) is 23.5 Å². The molecule has 0 fully saturated rings. The molecule has 0 unspecified atom stereocenters. The van der Waals surface area contributed by atoms with E-state index in [1.54, 1.807) is 6.20 Å². The Morgan fingerprint density at radius 2 is 1.96 bits per heavy atom. The lowest BCUT2D eigenvalue weighted by molar-refractivity contribution is 0.0527. The molecule has 0 aliphatic rings. The van der Waals surface area contributed by atoms with Gasteiger partial charge >= 0.3 is 6.09 Å². The van der Waals surface area contributed by atoms with Crippen molar-refractivity contribution in [3.8, 4) is 0 Å². The highest BCUT2D eigenvalue weighted by Gasteiger charge is 2.15. The van der Waals surface area contributed by atoms with Gasteiger partial charge in [-0.05, 0) is 46.6 Å². The number of aryl methyl sites for hydroxylation is 1. The summed E-state index contributed by atoms with van der Waals surface area (Å²) >= 11 is 0. The monoisotopic (exact) mass is 352 g/mol. The number of guanidine groups is 1. The van der Waals surface area contributed by atoms with Crippen molar-refractivity contribution in [2.24, 2.45) is 4.99 Å². The molecule has 0 radical (unpaired) electrons. The molecular formula is C17H32N6O2. The molecule has 3 N–H and O–H groups in total. The third-order valence-electron chi connectivity index (χ3n) is 3.03. The molecule has 25 heavy (non-hydrogen) atoms. The van der Waals surface area contributed by atoms with Gasteiger partial charge in [0.05, 0.1) is 0 Å². The van der Waals surface area contributed by atoms with Crippen molar-refractivity contribution in [3.05, 3.63) is 18.5 Å². The number of amides is 1. The number of rotatable bonds is 9. The van der Waals surface area contributed by atoms with E-state index in [9.17, 15) is 4.79 Å². The highest BCUT2D eigenvalue weighted by Crippen LogP contribution is 2.06. The molecule has 1 heterocycles. The fraction of sp³-hybridized carbons (Fsp3) is 0.706. The smallest absolute Gasteiger partial charge is 0.407 e. The summed E-state index contributed by atoms with van der Waals surface area (Å²) in [6, 6.07) is 1.92. The second-order valence-corrected chi connectivity index (χ2v) is 6.59. The molecule has 0 aliphatic carbocycles. The number of aliphatic imine (C=N–C) groups is 1. The number of alkyl carbamates (subject to hydrolysis) is 1. The Kier molecular flexibility index (Phi) is 9.42. The predicted octanol–water partition coefficient (Wildman–Crippen LogP) is 1.74. The summed E-state index contributed by atoms with van der Waals surface area (Å²) in [6.07, 6.45) is 5.06. The topological polar surface area (TPSA) is 92.6 Å². The molecule has 142 valence electrons. The van der Waals surface area contributed by atoms with E-state index in [2.05, 4.69) is 26.0 Å². The minimum Gasteiger partial charge on any atom is -0.444 e. The van der Waals surface area contributed by atoms with E-state index in [1.807, 2.05) is 44.6 Å². The van der Waals surface area contributed by atoms with Gasteiger partial charge in [-0.1, -0.05) is 0 Å². The molecule has 0 spiro atoms. The maximum absolute atomic E-state index is 11.5. The zero-order valence-corrected chi connectivity index (χ0v) is 15.8. The van der Waals surface area contributed by atoms with Crippen LogP contribution in [0, 0.1) is 0 Å².